The maximum absolute atomic E-state index is 12.8. The van der Waals surface area contributed by atoms with Gasteiger partial charge in [-0.1, -0.05) is 0 Å². The van der Waals surface area contributed by atoms with Gasteiger partial charge in [0.1, 0.15) is 0 Å². The molecule has 3 N–H and O–H groups in total. The second kappa shape index (κ2) is 10.3. The Kier molecular flexibility index (Phi) is 6.83. The number of benzene rings is 2. The van der Waals surface area contributed by atoms with Crippen molar-refractivity contribution in [3.63, 3.8) is 0 Å². The van der Waals surface area contributed by atoms with Gasteiger partial charge >= 0.3 is 0 Å². The van der Waals surface area contributed by atoms with Crippen molar-refractivity contribution in [1.29, 1.82) is 0 Å². The van der Waals surface area contributed by atoms with E-state index in [0.717, 1.165) is 80.9 Å². The van der Waals surface area contributed by atoms with E-state index in [1.54, 1.807) is 0 Å². The minimum Gasteiger partial charge on any atom is -0.397 e. The SMILES string of the molecule is CC1=C(Nc2ccc(N3CCOCC3)cc2)C(=O)C=C(N)/C1=N\c1ccc(N2CCOCC2)cc1. The van der Waals surface area contributed by atoms with Gasteiger partial charge in [0.05, 0.1) is 49.2 Å². The number of morpholine rings is 2. The Hall–Kier alpha value is -3.62. The Morgan fingerprint density at radius 3 is 1.89 bits per heavy atom. The van der Waals surface area contributed by atoms with Crippen molar-refractivity contribution in [3.8, 4) is 0 Å². The Balaban J connectivity index is 1.34. The predicted molar refractivity (Wildman–Crippen MR) is 140 cm³/mol. The van der Waals surface area contributed by atoms with Crippen molar-refractivity contribution in [2.45, 2.75) is 6.92 Å². The third-order valence-electron chi connectivity index (χ3n) is 6.52. The summed E-state index contributed by atoms with van der Waals surface area (Å²) in [5, 5.41) is 3.29. The molecule has 0 saturated carbocycles. The van der Waals surface area contributed by atoms with Crippen molar-refractivity contribution in [3.05, 3.63) is 71.6 Å². The van der Waals surface area contributed by atoms with Crippen LogP contribution in [0.1, 0.15) is 6.92 Å². The fraction of sp³-hybridized carbons (Fsp3) is 0.333. The number of rotatable bonds is 5. The summed E-state index contributed by atoms with van der Waals surface area (Å²) < 4.78 is 10.9. The first kappa shape index (κ1) is 23.1. The number of carbonyl (C=O) groups excluding carboxylic acids is 1. The highest BCUT2D eigenvalue weighted by Gasteiger charge is 2.23. The Labute approximate surface area is 205 Å². The highest BCUT2D eigenvalue weighted by Crippen LogP contribution is 2.26. The van der Waals surface area contributed by atoms with Gasteiger partial charge in [-0.25, -0.2) is 4.99 Å². The molecule has 182 valence electrons. The zero-order chi connectivity index (χ0) is 24.2. The Morgan fingerprint density at radius 1 is 0.829 bits per heavy atom. The molecule has 2 fully saturated rings. The molecule has 35 heavy (non-hydrogen) atoms. The van der Waals surface area contributed by atoms with E-state index in [2.05, 4.69) is 39.4 Å². The van der Waals surface area contributed by atoms with Crippen LogP contribution in [-0.4, -0.2) is 64.1 Å². The number of nitrogens with one attached hydrogen (secondary N) is 1. The first-order chi connectivity index (χ1) is 17.1. The van der Waals surface area contributed by atoms with Gasteiger partial charge in [-0.2, -0.15) is 0 Å². The van der Waals surface area contributed by atoms with Gasteiger partial charge in [0.25, 0.3) is 0 Å². The zero-order valence-electron chi connectivity index (χ0n) is 20.0. The van der Waals surface area contributed by atoms with Crippen LogP contribution in [0, 0.1) is 0 Å². The first-order valence-corrected chi connectivity index (χ1v) is 12.0. The molecule has 0 spiro atoms. The van der Waals surface area contributed by atoms with Gasteiger partial charge in [0, 0.05) is 54.9 Å². The van der Waals surface area contributed by atoms with Gasteiger partial charge < -0.3 is 30.3 Å². The average molecular weight is 474 g/mol. The summed E-state index contributed by atoms with van der Waals surface area (Å²) in [7, 11) is 0. The van der Waals surface area contributed by atoms with Gasteiger partial charge in [-0.15, -0.1) is 0 Å². The van der Waals surface area contributed by atoms with Crippen molar-refractivity contribution in [2.75, 3.05) is 67.7 Å². The van der Waals surface area contributed by atoms with Crippen molar-refractivity contribution < 1.29 is 14.3 Å². The molecule has 0 unspecified atom stereocenters. The van der Waals surface area contributed by atoms with E-state index < -0.39 is 0 Å². The quantitative estimate of drug-likeness (QED) is 0.644. The Bertz CT molecular complexity index is 1160. The fourth-order valence-electron chi connectivity index (χ4n) is 4.52. The highest BCUT2D eigenvalue weighted by molar-refractivity contribution is 6.25. The van der Waals surface area contributed by atoms with Gasteiger partial charge in [0.2, 0.25) is 5.78 Å². The second-order valence-electron chi connectivity index (χ2n) is 8.81. The van der Waals surface area contributed by atoms with Crippen LogP contribution in [0.25, 0.3) is 0 Å². The molecule has 1 aliphatic carbocycles. The molecule has 8 nitrogen and oxygen atoms in total. The predicted octanol–water partition coefficient (Wildman–Crippen LogP) is 3.24. The number of ether oxygens (including phenoxy) is 2. The molecule has 2 heterocycles. The smallest absolute Gasteiger partial charge is 0.204 e. The number of hydrogen-bond donors (Lipinski definition) is 2. The minimum absolute atomic E-state index is 0.154. The molecule has 8 heteroatoms. The summed E-state index contributed by atoms with van der Waals surface area (Å²) in [4.78, 5) is 22.2. The lowest BCUT2D eigenvalue weighted by Crippen LogP contribution is -2.36. The largest absolute Gasteiger partial charge is 0.397 e. The molecule has 0 amide bonds. The van der Waals surface area contributed by atoms with Crippen LogP contribution >= 0.6 is 0 Å². The normalized spacial score (nSPS) is 20.3. The highest BCUT2D eigenvalue weighted by atomic mass is 16.5. The summed E-state index contributed by atoms with van der Waals surface area (Å²) in [6.07, 6.45) is 1.44. The maximum atomic E-state index is 12.8. The number of anilines is 3. The summed E-state index contributed by atoms with van der Waals surface area (Å²) in [5.74, 6) is -0.154. The molecule has 3 aliphatic rings. The number of nitrogens with two attached hydrogens (primary N) is 1. The van der Waals surface area contributed by atoms with E-state index in [1.807, 2.05) is 31.2 Å². The van der Waals surface area contributed by atoms with Crippen LogP contribution in [0.3, 0.4) is 0 Å². The fourth-order valence-corrected chi connectivity index (χ4v) is 4.52. The van der Waals surface area contributed by atoms with Crippen LogP contribution in [0.5, 0.6) is 0 Å². The molecule has 2 aromatic rings. The summed E-state index contributed by atoms with van der Waals surface area (Å²) in [6.45, 7) is 8.39. The standard InChI is InChI=1S/C27H31N5O3/c1-19-26(29-20-2-6-22(7-3-20)31-10-14-34-15-11-31)24(28)18-25(33)27(19)30-21-4-8-23(9-5-21)32-12-16-35-17-13-32/h2-9,18,30H,10-17,28H2,1H3/b29-26-. The molecule has 2 aromatic carbocycles. The van der Waals surface area contributed by atoms with Gasteiger partial charge in [-0.3, -0.25) is 4.79 Å². The number of carbonyl (C=O) groups is 1. The monoisotopic (exact) mass is 473 g/mol. The van der Waals surface area contributed by atoms with E-state index in [4.69, 9.17) is 20.2 Å². The number of allylic oxidation sites excluding steroid dienone is 2. The second-order valence-corrected chi connectivity index (χ2v) is 8.81. The van der Waals surface area contributed by atoms with E-state index in [9.17, 15) is 4.79 Å². The molecule has 2 saturated heterocycles. The first-order valence-electron chi connectivity index (χ1n) is 12.0. The molecular weight excluding hydrogens is 442 g/mol. The topological polar surface area (TPSA) is 92.4 Å². The number of aliphatic imine (C=N–C) groups is 1. The lowest BCUT2D eigenvalue weighted by atomic mass is 9.97. The summed E-state index contributed by atoms with van der Waals surface area (Å²) in [5.41, 5.74) is 12.3. The zero-order valence-corrected chi connectivity index (χ0v) is 20.0. The molecule has 0 aromatic heterocycles. The van der Waals surface area contributed by atoms with E-state index >= 15 is 0 Å². The van der Waals surface area contributed by atoms with Crippen molar-refractivity contribution >= 4 is 34.2 Å². The van der Waals surface area contributed by atoms with Crippen molar-refractivity contribution in [2.24, 2.45) is 10.7 Å². The lowest BCUT2D eigenvalue weighted by molar-refractivity contribution is -0.111. The summed E-state index contributed by atoms with van der Waals surface area (Å²) >= 11 is 0. The van der Waals surface area contributed by atoms with Gasteiger partial charge in [-0.05, 0) is 55.5 Å². The molecule has 0 bridgehead atoms. The van der Waals surface area contributed by atoms with E-state index in [-0.39, 0.29) is 5.78 Å². The average Bonchev–Trinajstić information content (AvgIpc) is 2.91. The molecule has 5 rings (SSSR count). The lowest BCUT2D eigenvalue weighted by Gasteiger charge is -2.29. The molecule has 0 atom stereocenters. The van der Waals surface area contributed by atoms with E-state index in [1.165, 1.54) is 6.08 Å². The number of ketones is 1. The van der Waals surface area contributed by atoms with Crippen LogP contribution in [0.15, 0.2) is 76.6 Å². The molecule has 2 aliphatic heterocycles. The molecular formula is C27H31N5O3. The number of nitrogens with zero attached hydrogens (tertiary/aromatic N) is 3. The Morgan fingerprint density at radius 2 is 1.34 bits per heavy atom. The van der Waals surface area contributed by atoms with Crippen molar-refractivity contribution in [1.82, 2.24) is 0 Å². The van der Waals surface area contributed by atoms with Crippen LogP contribution < -0.4 is 20.9 Å². The minimum atomic E-state index is -0.154. The molecule has 0 radical (unpaired) electrons. The number of hydrogen-bond acceptors (Lipinski definition) is 8. The van der Waals surface area contributed by atoms with Crippen LogP contribution in [-0.2, 0) is 14.3 Å². The van der Waals surface area contributed by atoms with Crippen LogP contribution in [0.2, 0.25) is 0 Å². The van der Waals surface area contributed by atoms with Gasteiger partial charge in [0.15, 0.2) is 0 Å². The van der Waals surface area contributed by atoms with E-state index in [0.29, 0.717) is 17.1 Å². The summed E-state index contributed by atoms with van der Waals surface area (Å²) in [6, 6.07) is 16.2. The third-order valence-corrected chi connectivity index (χ3v) is 6.52. The van der Waals surface area contributed by atoms with Crippen LogP contribution in [0.4, 0.5) is 22.7 Å². The third kappa shape index (κ3) is 5.23. The maximum Gasteiger partial charge on any atom is 0.204 e.